The lowest BCUT2D eigenvalue weighted by Crippen LogP contribution is -2.42. The lowest BCUT2D eigenvalue weighted by atomic mass is 10.2. The largest absolute Gasteiger partial charge is 0.481 e. The van der Waals surface area contributed by atoms with Crippen molar-refractivity contribution >= 4 is 21.9 Å². The number of carbonyl (C=O) groups excluding carboxylic acids is 1. The molecule has 0 bridgehead atoms. The highest BCUT2D eigenvalue weighted by molar-refractivity contribution is 7.91. The summed E-state index contributed by atoms with van der Waals surface area (Å²) in [5, 5.41) is 11.3. The van der Waals surface area contributed by atoms with Crippen molar-refractivity contribution in [2.75, 3.05) is 5.75 Å². The summed E-state index contributed by atoms with van der Waals surface area (Å²) in [7, 11) is -3.66. The molecule has 0 aliphatic heterocycles. The smallest absolute Gasteiger partial charge is 0.407 e. The number of benzene rings is 1. The molecule has 1 atom stereocenters. The van der Waals surface area contributed by atoms with Crippen LogP contribution in [0.5, 0.6) is 0 Å². The molecule has 134 valence electrons. The van der Waals surface area contributed by atoms with Gasteiger partial charge in [0.25, 0.3) is 0 Å². The fourth-order valence-corrected chi connectivity index (χ4v) is 3.50. The second kappa shape index (κ2) is 8.14. The average Bonchev–Trinajstić information content (AvgIpc) is 2.43. The summed E-state index contributed by atoms with van der Waals surface area (Å²) in [5.41, 5.74) is -0.736. The van der Waals surface area contributed by atoms with Crippen molar-refractivity contribution in [2.45, 2.75) is 50.2 Å². The number of carboxylic acid groups (broad SMARTS) is 1. The summed E-state index contributed by atoms with van der Waals surface area (Å²) >= 11 is 0. The van der Waals surface area contributed by atoms with Gasteiger partial charge in [0.05, 0.1) is 10.6 Å². The molecule has 1 rings (SSSR count). The first kappa shape index (κ1) is 20.0. The van der Waals surface area contributed by atoms with E-state index in [4.69, 9.17) is 9.84 Å². The minimum absolute atomic E-state index is 0.0133. The third-order valence-electron chi connectivity index (χ3n) is 2.95. The highest BCUT2D eigenvalue weighted by atomic mass is 32.2. The van der Waals surface area contributed by atoms with Gasteiger partial charge in [-0.05, 0) is 39.3 Å². The van der Waals surface area contributed by atoms with E-state index in [2.05, 4.69) is 5.32 Å². The second-order valence-electron chi connectivity index (χ2n) is 6.37. The molecular weight excluding hydrogens is 334 g/mol. The van der Waals surface area contributed by atoms with Crippen LogP contribution in [0, 0.1) is 0 Å². The molecular formula is C16H23NO6S. The van der Waals surface area contributed by atoms with E-state index in [1.807, 2.05) is 0 Å². The Morgan fingerprint density at radius 2 is 1.79 bits per heavy atom. The molecule has 0 spiro atoms. The van der Waals surface area contributed by atoms with E-state index >= 15 is 0 Å². The molecule has 0 aliphatic rings. The first-order chi connectivity index (χ1) is 11.0. The molecule has 0 aliphatic carbocycles. The first-order valence-electron chi connectivity index (χ1n) is 7.49. The maximum Gasteiger partial charge on any atom is 0.407 e. The predicted octanol–water partition coefficient (Wildman–Crippen LogP) is 2.22. The van der Waals surface area contributed by atoms with Gasteiger partial charge in [-0.3, -0.25) is 4.79 Å². The molecule has 7 nitrogen and oxygen atoms in total. The predicted molar refractivity (Wildman–Crippen MR) is 88.5 cm³/mol. The van der Waals surface area contributed by atoms with Crippen molar-refractivity contribution < 1.29 is 27.9 Å². The van der Waals surface area contributed by atoms with Crippen molar-refractivity contribution in [3.63, 3.8) is 0 Å². The monoisotopic (exact) mass is 357 g/mol. The lowest BCUT2D eigenvalue weighted by molar-refractivity contribution is -0.137. The fraction of sp³-hybridized carbons (Fsp3) is 0.500. The third kappa shape index (κ3) is 7.45. The fourth-order valence-electron chi connectivity index (χ4n) is 1.96. The number of amides is 1. The van der Waals surface area contributed by atoms with E-state index in [0.29, 0.717) is 0 Å². The highest BCUT2D eigenvalue weighted by Gasteiger charge is 2.25. The molecule has 1 amide bonds. The standard InChI is InChI=1S/C16H23NO6S/c1-16(2,3)23-15(20)17-12(9-10-14(18)19)11-24(21,22)13-7-5-4-6-8-13/h4-8,12H,9-11H2,1-3H3,(H,17,20)(H,18,19)/t12-/m1/s1. The van der Waals surface area contributed by atoms with Crippen LogP contribution in [0.4, 0.5) is 4.79 Å². The molecule has 2 N–H and O–H groups in total. The van der Waals surface area contributed by atoms with E-state index in [-0.39, 0.29) is 17.7 Å². The van der Waals surface area contributed by atoms with Crippen LogP contribution in [0.15, 0.2) is 35.2 Å². The van der Waals surface area contributed by atoms with Gasteiger partial charge < -0.3 is 15.2 Å². The Morgan fingerprint density at radius 1 is 1.21 bits per heavy atom. The number of alkyl carbamates (subject to hydrolysis) is 1. The molecule has 0 unspecified atom stereocenters. The number of carbonyl (C=O) groups is 2. The topological polar surface area (TPSA) is 110 Å². The Balaban J connectivity index is 2.85. The molecule has 0 saturated heterocycles. The Bertz CT molecular complexity index is 664. The maximum atomic E-state index is 12.4. The molecule has 0 heterocycles. The minimum Gasteiger partial charge on any atom is -0.481 e. The van der Waals surface area contributed by atoms with Crippen LogP contribution in [0.3, 0.4) is 0 Å². The van der Waals surface area contributed by atoms with Gasteiger partial charge in [-0.2, -0.15) is 0 Å². The number of rotatable bonds is 7. The van der Waals surface area contributed by atoms with Gasteiger partial charge in [0.2, 0.25) is 0 Å². The molecule has 24 heavy (non-hydrogen) atoms. The van der Waals surface area contributed by atoms with Gasteiger partial charge in [0, 0.05) is 12.5 Å². The normalized spacial score (nSPS) is 13.1. The van der Waals surface area contributed by atoms with Crippen molar-refractivity contribution in [1.82, 2.24) is 5.32 Å². The number of carboxylic acids is 1. The highest BCUT2D eigenvalue weighted by Crippen LogP contribution is 2.14. The zero-order valence-corrected chi connectivity index (χ0v) is 14.8. The first-order valence-corrected chi connectivity index (χ1v) is 9.14. The SMILES string of the molecule is CC(C)(C)OC(=O)N[C@H](CCC(=O)O)CS(=O)(=O)c1ccccc1. The van der Waals surface area contributed by atoms with Gasteiger partial charge in [-0.1, -0.05) is 18.2 Å². The summed E-state index contributed by atoms with van der Waals surface area (Å²) < 4.78 is 29.9. The van der Waals surface area contributed by atoms with Crippen LogP contribution in [0.2, 0.25) is 0 Å². The summed E-state index contributed by atoms with van der Waals surface area (Å²) in [6.07, 6.45) is -1.05. The van der Waals surface area contributed by atoms with Crippen LogP contribution in [-0.2, 0) is 19.4 Å². The van der Waals surface area contributed by atoms with Gasteiger partial charge in [0.15, 0.2) is 9.84 Å². The van der Waals surface area contributed by atoms with Crippen molar-refractivity contribution in [1.29, 1.82) is 0 Å². The van der Waals surface area contributed by atoms with E-state index in [9.17, 15) is 18.0 Å². The summed E-state index contributed by atoms with van der Waals surface area (Å²) in [4.78, 5) is 22.7. The summed E-state index contributed by atoms with van der Waals surface area (Å²) in [5.74, 6) is -1.47. The number of hydrogen-bond acceptors (Lipinski definition) is 5. The number of nitrogens with one attached hydrogen (secondary N) is 1. The number of aliphatic carboxylic acids is 1. The molecule has 1 aromatic rings. The Kier molecular flexibility index (Phi) is 6.77. The molecule has 1 aromatic carbocycles. The average molecular weight is 357 g/mol. The van der Waals surface area contributed by atoms with E-state index in [0.717, 1.165) is 0 Å². The molecule has 8 heteroatoms. The van der Waals surface area contributed by atoms with Crippen molar-refractivity contribution in [3.8, 4) is 0 Å². The van der Waals surface area contributed by atoms with Crippen molar-refractivity contribution in [2.24, 2.45) is 0 Å². The molecule has 0 saturated carbocycles. The third-order valence-corrected chi connectivity index (χ3v) is 4.78. The van der Waals surface area contributed by atoms with Crippen molar-refractivity contribution in [3.05, 3.63) is 30.3 Å². The van der Waals surface area contributed by atoms with Crippen LogP contribution in [0.25, 0.3) is 0 Å². The van der Waals surface area contributed by atoms with Crippen LogP contribution in [0.1, 0.15) is 33.6 Å². The second-order valence-corrected chi connectivity index (χ2v) is 8.40. The summed E-state index contributed by atoms with van der Waals surface area (Å²) in [6, 6.07) is 6.94. The van der Waals surface area contributed by atoms with E-state index in [1.54, 1.807) is 39.0 Å². The van der Waals surface area contributed by atoms with Crippen LogP contribution >= 0.6 is 0 Å². The Hall–Kier alpha value is -2.09. The zero-order chi connectivity index (χ0) is 18.4. The van der Waals surface area contributed by atoms with Gasteiger partial charge in [0.1, 0.15) is 5.60 Å². The minimum atomic E-state index is -3.66. The van der Waals surface area contributed by atoms with Gasteiger partial charge >= 0.3 is 12.1 Å². The molecule has 0 fully saturated rings. The lowest BCUT2D eigenvalue weighted by Gasteiger charge is -2.23. The van der Waals surface area contributed by atoms with Gasteiger partial charge in [-0.25, -0.2) is 13.2 Å². The van der Waals surface area contributed by atoms with Crippen LogP contribution in [-0.4, -0.2) is 43.0 Å². The summed E-state index contributed by atoms with van der Waals surface area (Å²) in [6.45, 7) is 5.04. The van der Waals surface area contributed by atoms with E-state index in [1.165, 1.54) is 12.1 Å². The molecule has 0 aromatic heterocycles. The number of sulfone groups is 1. The molecule has 0 radical (unpaired) electrons. The zero-order valence-electron chi connectivity index (χ0n) is 14.0. The maximum absolute atomic E-state index is 12.4. The van der Waals surface area contributed by atoms with E-state index < -0.39 is 39.3 Å². The van der Waals surface area contributed by atoms with Crippen LogP contribution < -0.4 is 5.32 Å². The number of ether oxygens (including phenoxy) is 1. The van der Waals surface area contributed by atoms with Gasteiger partial charge in [-0.15, -0.1) is 0 Å². The number of hydrogen-bond donors (Lipinski definition) is 2. The Labute approximate surface area is 141 Å². The Morgan fingerprint density at radius 3 is 2.29 bits per heavy atom. The quantitative estimate of drug-likeness (QED) is 0.774.